The van der Waals surface area contributed by atoms with Gasteiger partial charge in [0.1, 0.15) is 0 Å². The highest BCUT2D eigenvalue weighted by Gasteiger charge is 2.12. The minimum absolute atomic E-state index is 0.328. The highest BCUT2D eigenvalue weighted by molar-refractivity contribution is 6.30. The zero-order chi connectivity index (χ0) is 20.8. The smallest absolute Gasteiger partial charge is 0.316 e. The first-order chi connectivity index (χ1) is 13.9. The molecule has 3 aromatic rings. The largest absolute Gasteiger partial charge is 0.351 e. The monoisotopic (exact) mass is 408 g/mol. The van der Waals surface area contributed by atoms with Gasteiger partial charge in [0, 0.05) is 21.8 Å². The van der Waals surface area contributed by atoms with Crippen LogP contribution in [0.25, 0.3) is 0 Å². The molecule has 3 rings (SSSR count). The molecule has 8 heteroatoms. The van der Waals surface area contributed by atoms with E-state index in [0.717, 1.165) is 0 Å². The van der Waals surface area contributed by atoms with Crippen molar-refractivity contribution in [2.75, 3.05) is 16.0 Å². The minimum atomic E-state index is -0.687. The maximum Gasteiger partial charge on any atom is 0.316 e. The minimum Gasteiger partial charge on any atom is -0.351 e. The summed E-state index contributed by atoms with van der Waals surface area (Å²) in [6.45, 7) is 0. The summed E-state index contributed by atoms with van der Waals surface area (Å²) in [4.78, 5) is 35.9. The van der Waals surface area contributed by atoms with Crippen LogP contribution in [0.5, 0.6) is 0 Å². The highest BCUT2D eigenvalue weighted by Crippen LogP contribution is 2.23. The van der Waals surface area contributed by atoms with Crippen LogP contribution in [-0.2, 0) is 0 Å². The number of anilines is 3. The van der Waals surface area contributed by atoms with Crippen LogP contribution in [0.1, 0.15) is 20.7 Å². The highest BCUT2D eigenvalue weighted by atomic mass is 35.5. The Morgan fingerprint density at radius 3 is 1.55 bits per heavy atom. The molecule has 0 fully saturated rings. The molecule has 5 N–H and O–H groups in total. The van der Waals surface area contributed by atoms with Crippen LogP contribution in [0, 0.1) is 0 Å². The summed E-state index contributed by atoms with van der Waals surface area (Å²) >= 11 is 5.85. The molecule has 4 amide bonds. The third-order valence-corrected chi connectivity index (χ3v) is 4.20. The Balaban J connectivity index is 1.73. The number of urea groups is 1. The van der Waals surface area contributed by atoms with Crippen LogP contribution in [-0.4, -0.2) is 17.8 Å². The Morgan fingerprint density at radius 1 is 0.655 bits per heavy atom. The predicted octanol–water partition coefficient (Wildman–Crippen LogP) is 4.34. The Labute approximate surface area is 171 Å². The summed E-state index contributed by atoms with van der Waals surface area (Å²) in [5.74, 6) is -0.700. The van der Waals surface area contributed by atoms with Gasteiger partial charge in [-0.15, -0.1) is 0 Å². The molecule has 0 aromatic heterocycles. The van der Waals surface area contributed by atoms with Gasteiger partial charge in [-0.25, -0.2) is 4.79 Å². The SMILES string of the molecule is NC(=O)Nc1ccc(C(=O)Nc2ccccc2NC(=O)c2ccc(Cl)cc2)cc1. The van der Waals surface area contributed by atoms with E-state index in [2.05, 4.69) is 16.0 Å². The Morgan fingerprint density at radius 2 is 1.10 bits per heavy atom. The third-order valence-electron chi connectivity index (χ3n) is 3.94. The van der Waals surface area contributed by atoms with Gasteiger partial charge in [0.15, 0.2) is 0 Å². The third kappa shape index (κ3) is 5.33. The van der Waals surface area contributed by atoms with Gasteiger partial charge in [-0.3, -0.25) is 9.59 Å². The fraction of sp³-hybridized carbons (Fsp3) is 0. The van der Waals surface area contributed by atoms with Crippen molar-refractivity contribution >= 4 is 46.5 Å². The number of amides is 4. The molecule has 0 aliphatic heterocycles. The van der Waals surface area contributed by atoms with Gasteiger partial charge in [-0.1, -0.05) is 23.7 Å². The van der Waals surface area contributed by atoms with Crippen LogP contribution >= 0.6 is 11.6 Å². The molecule has 3 aromatic carbocycles. The van der Waals surface area contributed by atoms with Crippen molar-refractivity contribution in [3.8, 4) is 0 Å². The molecule has 0 aliphatic rings. The summed E-state index contributed by atoms with van der Waals surface area (Å²) in [5, 5.41) is 8.50. The molecule has 146 valence electrons. The number of nitrogens with one attached hydrogen (secondary N) is 3. The number of nitrogens with two attached hydrogens (primary N) is 1. The molecule has 0 radical (unpaired) electrons. The lowest BCUT2D eigenvalue weighted by atomic mass is 10.1. The van der Waals surface area contributed by atoms with Gasteiger partial charge in [-0.05, 0) is 60.7 Å². The van der Waals surface area contributed by atoms with Crippen molar-refractivity contribution in [3.63, 3.8) is 0 Å². The number of primary amides is 1. The number of rotatable bonds is 5. The van der Waals surface area contributed by atoms with E-state index < -0.39 is 6.03 Å². The molecule has 0 saturated carbocycles. The summed E-state index contributed by atoms with van der Waals surface area (Å²) in [7, 11) is 0. The summed E-state index contributed by atoms with van der Waals surface area (Å²) in [6, 6.07) is 18.9. The molecule has 0 unspecified atom stereocenters. The summed E-state index contributed by atoms with van der Waals surface area (Å²) < 4.78 is 0. The summed E-state index contributed by atoms with van der Waals surface area (Å²) in [5.41, 5.74) is 7.24. The Bertz CT molecular complexity index is 1050. The average molecular weight is 409 g/mol. The van der Waals surface area contributed by atoms with Crippen molar-refractivity contribution in [2.45, 2.75) is 0 Å². The quantitative estimate of drug-likeness (QED) is 0.503. The van der Waals surface area contributed by atoms with E-state index in [0.29, 0.717) is 33.2 Å². The normalized spacial score (nSPS) is 10.1. The van der Waals surface area contributed by atoms with Gasteiger partial charge < -0.3 is 21.7 Å². The van der Waals surface area contributed by atoms with E-state index in [1.165, 1.54) is 0 Å². The lowest BCUT2D eigenvalue weighted by molar-refractivity contribution is 0.101. The first kappa shape index (κ1) is 19.9. The maximum atomic E-state index is 12.5. The number of hydrogen-bond acceptors (Lipinski definition) is 3. The standard InChI is InChI=1S/C21H17ClN4O3/c22-15-9-5-13(6-10-15)19(27)25-17-3-1-2-4-18(17)26-20(28)14-7-11-16(12-8-14)24-21(23)29/h1-12H,(H,25,27)(H,26,28)(H3,23,24,29). The zero-order valence-electron chi connectivity index (χ0n) is 15.1. The second-order valence-corrected chi connectivity index (χ2v) is 6.46. The lowest BCUT2D eigenvalue weighted by Crippen LogP contribution is -2.19. The number of benzene rings is 3. The van der Waals surface area contributed by atoms with Gasteiger partial charge in [0.25, 0.3) is 11.8 Å². The van der Waals surface area contributed by atoms with Crippen LogP contribution in [0.3, 0.4) is 0 Å². The number of hydrogen-bond donors (Lipinski definition) is 4. The van der Waals surface area contributed by atoms with Crippen LogP contribution in [0.15, 0.2) is 72.8 Å². The van der Waals surface area contributed by atoms with Gasteiger partial charge in [-0.2, -0.15) is 0 Å². The molecular weight excluding hydrogens is 392 g/mol. The molecule has 0 bridgehead atoms. The molecule has 0 aliphatic carbocycles. The Hall–Kier alpha value is -3.84. The maximum absolute atomic E-state index is 12.5. The predicted molar refractivity (Wildman–Crippen MR) is 113 cm³/mol. The molecule has 7 nitrogen and oxygen atoms in total. The van der Waals surface area contributed by atoms with Crippen molar-refractivity contribution in [3.05, 3.63) is 88.9 Å². The van der Waals surface area contributed by atoms with E-state index in [-0.39, 0.29) is 11.8 Å². The molecule has 0 spiro atoms. The molecule has 0 heterocycles. The van der Waals surface area contributed by atoms with Gasteiger partial charge >= 0.3 is 6.03 Å². The van der Waals surface area contributed by atoms with E-state index in [1.54, 1.807) is 72.8 Å². The average Bonchev–Trinajstić information content (AvgIpc) is 2.70. The molecule has 29 heavy (non-hydrogen) atoms. The van der Waals surface area contributed by atoms with Crippen molar-refractivity contribution in [2.24, 2.45) is 5.73 Å². The number of carbonyl (C=O) groups excluding carboxylic acids is 3. The van der Waals surface area contributed by atoms with Crippen LogP contribution in [0.2, 0.25) is 5.02 Å². The van der Waals surface area contributed by atoms with Gasteiger partial charge in [0.05, 0.1) is 11.4 Å². The first-order valence-corrected chi connectivity index (χ1v) is 8.94. The molecule has 0 saturated heterocycles. The molecule has 0 atom stereocenters. The fourth-order valence-electron chi connectivity index (χ4n) is 2.54. The van der Waals surface area contributed by atoms with E-state index >= 15 is 0 Å². The van der Waals surface area contributed by atoms with Gasteiger partial charge in [0.2, 0.25) is 0 Å². The second kappa shape index (κ2) is 8.90. The topological polar surface area (TPSA) is 113 Å². The molecular formula is C21H17ClN4O3. The second-order valence-electron chi connectivity index (χ2n) is 6.03. The van der Waals surface area contributed by atoms with E-state index in [4.69, 9.17) is 17.3 Å². The van der Waals surface area contributed by atoms with Crippen molar-refractivity contribution in [1.29, 1.82) is 0 Å². The Kier molecular flexibility index (Phi) is 6.11. The number of carbonyl (C=O) groups is 3. The van der Waals surface area contributed by atoms with E-state index in [9.17, 15) is 14.4 Å². The zero-order valence-corrected chi connectivity index (χ0v) is 15.9. The summed E-state index contributed by atoms with van der Waals surface area (Å²) in [6.07, 6.45) is 0. The van der Waals surface area contributed by atoms with Crippen molar-refractivity contribution < 1.29 is 14.4 Å². The lowest BCUT2D eigenvalue weighted by Gasteiger charge is -2.13. The number of para-hydroxylation sites is 2. The van der Waals surface area contributed by atoms with E-state index in [1.807, 2.05) is 0 Å². The number of halogens is 1. The van der Waals surface area contributed by atoms with Crippen LogP contribution < -0.4 is 21.7 Å². The van der Waals surface area contributed by atoms with Crippen molar-refractivity contribution in [1.82, 2.24) is 0 Å². The van der Waals surface area contributed by atoms with Crippen LogP contribution in [0.4, 0.5) is 21.9 Å². The first-order valence-electron chi connectivity index (χ1n) is 8.56. The fourth-order valence-corrected chi connectivity index (χ4v) is 2.66.